The van der Waals surface area contributed by atoms with Gasteiger partial charge in [-0.3, -0.25) is 4.79 Å². The zero-order valence-electron chi connectivity index (χ0n) is 13.3. The second-order valence-corrected chi connectivity index (χ2v) is 4.25. The maximum Gasteiger partial charge on any atom is 0.406 e. The first-order chi connectivity index (χ1) is 10.5. The van der Waals surface area contributed by atoms with Crippen LogP contribution in [-0.4, -0.2) is 64.7 Å². The van der Waals surface area contributed by atoms with Crippen molar-refractivity contribution in [1.29, 1.82) is 0 Å². The quantitative estimate of drug-likeness (QED) is 0.488. The Morgan fingerprint density at radius 3 is 2.00 bits per heavy atom. The number of rotatable bonds is 10. The van der Waals surface area contributed by atoms with E-state index in [2.05, 4.69) is 16.0 Å². The van der Waals surface area contributed by atoms with E-state index in [1.54, 1.807) is 0 Å². The van der Waals surface area contributed by atoms with Gasteiger partial charge in [0.2, 0.25) is 5.91 Å². The highest BCUT2D eigenvalue weighted by atomic mass is 16.6. The second kappa shape index (κ2) is 12.7. The molecule has 0 heterocycles. The first-order valence-corrected chi connectivity index (χ1v) is 7.10. The molecule has 0 saturated carbocycles. The summed E-state index contributed by atoms with van der Waals surface area (Å²) in [5.41, 5.74) is 0. The molecule has 0 rings (SSSR count). The molecule has 3 N–H and O–H groups in total. The average molecular weight is 319 g/mol. The number of carbonyl (C=O) groups is 3. The van der Waals surface area contributed by atoms with E-state index in [1.807, 2.05) is 6.92 Å². The van der Waals surface area contributed by atoms with Crippen molar-refractivity contribution < 1.29 is 28.6 Å². The molecule has 0 aliphatic heterocycles. The van der Waals surface area contributed by atoms with Crippen molar-refractivity contribution in [3.8, 4) is 0 Å². The summed E-state index contributed by atoms with van der Waals surface area (Å²) in [4.78, 5) is 33.4. The molecule has 0 aromatic carbocycles. The number of alkyl carbamates (subject to hydrolysis) is 2. The van der Waals surface area contributed by atoms with Gasteiger partial charge in [0, 0.05) is 33.7 Å². The molecule has 0 unspecified atom stereocenters. The largest absolute Gasteiger partial charge is 0.447 e. The van der Waals surface area contributed by atoms with E-state index in [0.717, 1.165) is 0 Å². The fourth-order valence-corrected chi connectivity index (χ4v) is 1.39. The molecular formula is C13H25N3O6. The molecule has 0 atom stereocenters. The van der Waals surface area contributed by atoms with E-state index >= 15 is 0 Å². The molecular weight excluding hydrogens is 294 g/mol. The first-order valence-electron chi connectivity index (χ1n) is 7.10. The number of amides is 3. The Bertz CT molecular complexity index is 331. The van der Waals surface area contributed by atoms with Gasteiger partial charge in [-0.1, -0.05) is 0 Å². The van der Waals surface area contributed by atoms with Crippen LogP contribution in [0.25, 0.3) is 0 Å². The zero-order valence-corrected chi connectivity index (χ0v) is 13.3. The van der Waals surface area contributed by atoms with Gasteiger partial charge in [0.15, 0.2) is 0 Å². The summed E-state index contributed by atoms with van der Waals surface area (Å²) >= 11 is 0. The van der Waals surface area contributed by atoms with E-state index in [-0.39, 0.29) is 25.7 Å². The van der Waals surface area contributed by atoms with Crippen molar-refractivity contribution in [1.82, 2.24) is 16.0 Å². The van der Waals surface area contributed by atoms with E-state index in [1.165, 1.54) is 14.1 Å². The highest BCUT2D eigenvalue weighted by molar-refractivity contribution is 5.75. The zero-order chi connectivity index (χ0) is 16.8. The summed E-state index contributed by atoms with van der Waals surface area (Å²) in [6.45, 7) is 2.60. The first kappa shape index (κ1) is 20.0. The molecule has 9 heteroatoms. The fourth-order valence-electron chi connectivity index (χ4n) is 1.39. The number of hydrogen-bond donors (Lipinski definition) is 3. The Balaban J connectivity index is 4.07. The van der Waals surface area contributed by atoms with Gasteiger partial charge in [-0.15, -0.1) is 0 Å². The minimum absolute atomic E-state index is 0.0501. The minimum Gasteiger partial charge on any atom is -0.447 e. The van der Waals surface area contributed by atoms with Crippen molar-refractivity contribution in [2.45, 2.75) is 25.9 Å². The number of hydrogen-bond acceptors (Lipinski definition) is 6. The third-order valence-electron chi connectivity index (χ3n) is 2.48. The maximum atomic E-state index is 11.3. The van der Waals surface area contributed by atoms with Crippen LogP contribution in [0.15, 0.2) is 0 Å². The third-order valence-corrected chi connectivity index (χ3v) is 2.48. The van der Waals surface area contributed by atoms with E-state index in [4.69, 9.17) is 14.2 Å². The van der Waals surface area contributed by atoms with Crippen LogP contribution >= 0.6 is 0 Å². The summed E-state index contributed by atoms with van der Waals surface area (Å²) < 4.78 is 15.2. The van der Waals surface area contributed by atoms with Crippen LogP contribution in [0.3, 0.4) is 0 Å². The van der Waals surface area contributed by atoms with Gasteiger partial charge in [0.05, 0.1) is 0 Å². The summed E-state index contributed by atoms with van der Waals surface area (Å²) in [6.07, 6.45) is -0.939. The summed E-state index contributed by atoms with van der Waals surface area (Å²) in [5.74, 6) is -0.0501. The highest BCUT2D eigenvalue weighted by Crippen LogP contribution is 2.00. The van der Waals surface area contributed by atoms with Gasteiger partial charge in [-0.2, -0.15) is 0 Å². The normalized spacial score (nSPS) is 10.0. The lowest BCUT2D eigenvalue weighted by Crippen LogP contribution is -2.33. The van der Waals surface area contributed by atoms with E-state index in [0.29, 0.717) is 19.4 Å². The molecule has 0 fully saturated rings. The molecule has 128 valence electrons. The van der Waals surface area contributed by atoms with Crippen LogP contribution in [0.4, 0.5) is 9.59 Å². The van der Waals surface area contributed by atoms with Crippen molar-refractivity contribution in [3.63, 3.8) is 0 Å². The van der Waals surface area contributed by atoms with Crippen LogP contribution in [-0.2, 0) is 19.0 Å². The summed E-state index contributed by atoms with van der Waals surface area (Å²) in [5, 5.41) is 7.29. The SMILES string of the molecule is CCNC(=O)CCCOC(COC(=O)NC)COC(=O)NC. The Morgan fingerprint density at radius 2 is 1.55 bits per heavy atom. The topological polar surface area (TPSA) is 115 Å². The molecule has 0 aliphatic rings. The van der Waals surface area contributed by atoms with Crippen LogP contribution in [0, 0.1) is 0 Å². The van der Waals surface area contributed by atoms with Crippen LogP contribution in [0.2, 0.25) is 0 Å². The molecule has 0 aromatic heterocycles. The Hall–Kier alpha value is -2.03. The van der Waals surface area contributed by atoms with E-state index < -0.39 is 18.3 Å². The fraction of sp³-hybridized carbons (Fsp3) is 0.769. The van der Waals surface area contributed by atoms with Crippen LogP contribution in [0.1, 0.15) is 19.8 Å². The molecule has 0 aromatic rings. The lowest BCUT2D eigenvalue weighted by Gasteiger charge is -2.17. The number of carbonyl (C=O) groups excluding carboxylic acids is 3. The standard InChI is InChI=1S/C13H25N3O6/c1-4-16-11(17)6-5-7-20-10(8-21-12(18)14-2)9-22-13(19)15-3/h10H,4-9H2,1-3H3,(H,14,18)(H,15,19)(H,16,17). The van der Waals surface area contributed by atoms with Gasteiger partial charge < -0.3 is 30.2 Å². The Morgan fingerprint density at radius 1 is 1.00 bits per heavy atom. The van der Waals surface area contributed by atoms with Crippen molar-refractivity contribution in [2.75, 3.05) is 40.5 Å². The maximum absolute atomic E-state index is 11.3. The van der Waals surface area contributed by atoms with Crippen LogP contribution < -0.4 is 16.0 Å². The highest BCUT2D eigenvalue weighted by Gasteiger charge is 2.15. The number of nitrogens with one attached hydrogen (secondary N) is 3. The predicted molar refractivity (Wildman–Crippen MR) is 78.5 cm³/mol. The second-order valence-electron chi connectivity index (χ2n) is 4.25. The van der Waals surface area contributed by atoms with Gasteiger partial charge in [0.25, 0.3) is 0 Å². The van der Waals surface area contributed by atoms with E-state index in [9.17, 15) is 14.4 Å². The Labute approximate surface area is 130 Å². The summed E-state index contributed by atoms with van der Waals surface area (Å²) in [6, 6.07) is 0. The smallest absolute Gasteiger partial charge is 0.406 e. The molecule has 22 heavy (non-hydrogen) atoms. The van der Waals surface area contributed by atoms with Crippen LogP contribution in [0.5, 0.6) is 0 Å². The van der Waals surface area contributed by atoms with Crippen molar-refractivity contribution >= 4 is 18.1 Å². The van der Waals surface area contributed by atoms with Gasteiger partial charge in [-0.25, -0.2) is 9.59 Å². The molecule has 9 nitrogen and oxygen atoms in total. The molecule has 0 aliphatic carbocycles. The number of ether oxygens (including phenoxy) is 3. The van der Waals surface area contributed by atoms with Crippen molar-refractivity contribution in [2.24, 2.45) is 0 Å². The van der Waals surface area contributed by atoms with Gasteiger partial charge >= 0.3 is 12.2 Å². The molecule has 0 bridgehead atoms. The molecule has 0 radical (unpaired) electrons. The predicted octanol–water partition coefficient (Wildman–Crippen LogP) is -0.0001000. The molecule has 0 saturated heterocycles. The van der Waals surface area contributed by atoms with Crippen molar-refractivity contribution in [3.05, 3.63) is 0 Å². The Kier molecular flexibility index (Phi) is 11.5. The lowest BCUT2D eigenvalue weighted by molar-refractivity contribution is -0.121. The molecule has 0 spiro atoms. The lowest BCUT2D eigenvalue weighted by atomic mass is 10.3. The van der Waals surface area contributed by atoms with Gasteiger partial charge in [0.1, 0.15) is 19.3 Å². The minimum atomic E-state index is -0.601. The average Bonchev–Trinajstić information content (AvgIpc) is 2.52. The van der Waals surface area contributed by atoms with Gasteiger partial charge in [-0.05, 0) is 13.3 Å². The third kappa shape index (κ3) is 10.7. The monoisotopic (exact) mass is 319 g/mol. The molecule has 3 amide bonds. The summed E-state index contributed by atoms with van der Waals surface area (Å²) in [7, 11) is 2.87.